The van der Waals surface area contributed by atoms with Crippen LogP contribution >= 0.6 is 0 Å². The summed E-state index contributed by atoms with van der Waals surface area (Å²) in [5, 5.41) is 5.80. The first-order valence-electron chi connectivity index (χ1n) is 10.0. The molecule has 2 aromatic rings. The van der Waals surface area contributed by atoms with Gasteiger partial charge in [0.25, 0.3) is 5.91 Å². The lowest BCUT2D eigenvalue weighted by Gasteiger charge is -2.43. The second-order valence-corrected chi connectivity index (χ2v) is 8.02. The van der Waals surface area contributed by atoms with Gasteiger partial charge in [-0.3, -0.25) is 14.5 Å². The Hall–Kier alpha value is -3.35. The van der Waals surface area contributed by atoms with Crippen LogP contribution in [0.4, 0.5) is 4.79 Å². The van der Waals surface area contributed by atoms with E-state index in [4.69, 9.17) is 4.74 Å². The molecule has 7 nitrogen and oxygen atoms in total. The molecular formula is C23H25N3O4. The predicted molar refractivity (Wildman–Crippen MR) is 111 cm³/mol. The minimum atomic E-state index is -1.22. The predicted octanol–water partition coefficient (Wildman–Crippen LogP) is 2.66. The first-order valence-corrected chi connectivity index (χ1v) is 10.0. The van der Waals surface area contributed by atoms with Crippen molar-refractivity contribution in [3.63, 3.8) is 0 Å². The Kier molecular flexibility index (Phi) is 4.97. The van der Waals surface area contributed by atoms with Crippen molar-refractivity contribution in [2.75, 3.05) is 13.7 Å². The number of rotatable bonds is 6. The topological polar surface area (TPSA) is 87.7 Å². The number of carbonyl (C=O) groups excluding carboxylic acids is 3. The van der Waals surface area contributed by atoms with E-state index in [1.54, 1.807) is 38.3 Å². The van der Waals surface area contributed by atoms with Crippen molar-refractivity contribution in [2.24, 2.45) is 0 Å². The van der Waals surface area contributed by atoms with Crippen LogP contribution in [0.15, 0.2) is 54.6 Å². The van der Waals surface area contributed by atoms with Crippen molar-refractivity contribution in [1.29, 1.82) is 0 Å². The van der Waals surface area contributed by atoms with E-state index in [1.165, 1.54) is 0 Å². The summed E-state index contributed by atoms with van der Waals surface area (Å²) >= 11 is 0. The molecule has 0 bridgehead atoms. The molecule has 2 fully saturated rings. The molecule has 1 heterocycles. The summed E-state index contributed by atoms with van der Waals surface area (Å²) in [6.45, 7) is 1.33. The summed E-state index contributed by atoms with van der Waals surface area (Å²) in [4.78, 5) is 39.4. The summed E-state index contributed by atoms with van der Waals surface area (Å²) in [5.41, 5.74) is 0.0304. The van der Waals surface area contributed by atoms with Gasteiger partial charge in [0.15, 0.2) is 0 Å². The Morgan fingerprint density at radius 2 is 1.73 bits per heavy atom. The third kappa shape index (κ3) is 3.30. The molecule has 1 saturated heterocycles. The van der Waals surface area contributed by atoms with Gasteiger partial charge in [-0.15, -0.1) is 0 Å². The number of carbonyl (C=O) groups is 3. The molecule has 0 radical (unpaired) electrons. The summed E-state index contributed by atoms with van der Waals surface area (Å²) in [5.74, 6) is -0.140. The number of nitrogens with zero attached hydrogens (tertiary/aromatic N) is 1. The number of ether oxygens (including phenoxy) is 1. The number of urea groups is 1. The zero-order valence-electron chi connectivity index (χ0n) is 17.1. The molecule has 4 amide bonds. The molecule has 0 aromatic heterocycles. The third-order valence-corrected chi connectivity index (χ3v) is 6.16. The van der Waals surface area contributed by atoms with E-state index in [9.17, 15) is 14.4 Å². The quantitative estimate of drug-likeness (QED) is 0.721. The standard InChI is InChI=1S/C23H25N3O4/c1-22(16-9-11-18(30-2)12-10-16)20(28)26(21(29)25-22)15-19(27)24-23(13-6-14-23)17-7-4-3-5-8-17/h3-5,7-12H,6,13-15H2,1-2H3,(H,24,27)(H,25,29). The molecule has 2 aromatic carbocycles. The normalized spacial score (nSPS) is 22.3. The van der Waals surface area contributed by atoms with Crippen molar-refractivity contribution >= 4 is 17.8 Å². The molecular weight excluding hydrogens is 382 g/mol. The Bertz CT molecular complexity index is 970. The van der Waals surface area contributed by atoms with E-state index >= 15 is 0 Å². The van der Waals surface area contributed by atoms with Crippen LogP contribution < -0.4 is 15.4 Å². The molecule has 2 aliphatic rings. The van der Waals surface area contributed by atoms with Gasteiger partial charge in [0, 0.05) is 0 Å². The SMILES string of the molecule is COc1ccc(C2(C)NC(=O)N(CC(=O)NC3(c4ccccc4)CCC3)C2=O)cc1. The number of benzene rings is 2. The first-order chi connectivity index (χ1) is 14.4. The van der Waals surface area contributed by atoms with Crippen molar-refractivity contribution in [1.82, 2.24) is 15.5 Å². The molecule has 7 heteroatoms. The maximum Gasteiger partial charge on any atom is 0.325 e. The maximum atomic E-state index is 13.1. The van der Waals surface area contributed by atoms with E-state index in [0.717, 1.165) is 29.7 Å². The van der Waals surface area contributed by atoms with Gasteiger partial charge < -0.3 is 15.4 Å². The molecule has 1 unspecified atom stereocenters. The fraction of sp³-hybridized carbons (Fsp3) is 0.348. The Balaban J connectivity index is 1.48. The number of imide groups is 1. The lowest BCUT2D eigenvalue weighted by Crippen LogP contribution is -2.54. The Labute approximate surface area is 175 Å². The number of hydrogen-bond acceptors (Lipinski definition) is 4. The highest BCUT2D eigenvalue weighted by molar-refractivity contribution is 6.09. The van der Waals surface area contributed by atoms with Gasteiger partial charge in [-0.2, -0.15) is 0 Å². The van der Waals surface area contributed by atoms with Crippen LogP contribution in [-0.2, 0) is 20.7 Å². The second-order valence-electron chi connectivity index (χ2n) is 8.02. The summed E-state index contributed by atoms with van der Waals surface area (Å²) in [6, 6.07) is 16.2. The number of methoxy groups -OCH3 is 1. The van der Waals surface area contributed by atoms with Crippen LogP contribution in [0.3, 0.4) is 0 Å². The monoisotopic (exact) mass is 407 g/mol. The first kappa shape index (κ1) is 19.9. The molecule has 156 valence electrons. The Morgan fingerprint density at radius 1 is 1.07 bits per heavy atom. The van der Waals surface area contributed by atoms with Gasteiger partial charge in [-0.1, -0.05) is 42.5 Å². The zero-order valence-corrected chi connectivity index (χ0v) is 17.1. The van der Waals surface area contributed by atoms with Crippen LogP contribution in [0, 0.1) is 0 Å². The molecule has 0 spiro atoms. The minimum absolute atomic E-state index is 0.314. The van der Waals surface area contributed by atoms with Crippen molar-refractivity contribution in [2.45, 2.75) is 37.3 Å². The second kappa shape index (κ2) is 7.48. The van der Waals surface area contributed by atoms with E-state index in [0.29, 0.717) is 11.3 Å². The molecule has 1 atom stereocenters. The van der Waals surface area contributed by atoms with E-state index < -0.39 is 23.0 Å². The lowest BCUT2D eigenvalue weighted by molar-refractivity contribution is -0.135. The minimum Gasteiger partial charge on any atom is -0.497 e. The highest BCUT2D eigenvalue weighted by Crippen LogP contribution is 2.41. The highest BCUT2D eigenvalue weighted by atomic mass is 16.5. The molecule has 30 heavy (non-hydrogen) atoms. The van der Waals surface area contributed by atoms with Crippen LogP contribution in [0.5, 0.6) is 5.75 Å². The summed E-state index contributed by atoms with van der Waals surface area (Å²) in [6.07, 6.45) is 2.70. The highest BCUT2D eigenvalue weighted by Gasteiger charge is 2.50. The number of nitrogens with one attached hydrogen (secondary N) is 2. The summed E-state index contributed by atoms with van der Waals surface area (Å²) < 4.78 is 5.15. The van der Waals surface area contributed by atoms with Gasteiger partial charge in [0.05, 0.1) is 12.6 Å². The fourth-order valence-corrected chi connectivity index (χ4v) is 4.18. The van der Waals surface area contributed by atoms with Gasteiger partial charge >= 0.3 is 6.03 Å². The van der Waals surface area contributed by atoms with Gasteiger partial charge in [0.1, 0.15) is 17.8 Å². The smallest absolute Gasteiger partial charge is 0.325 e. The molecule has 2 N–H and O–H groups in total. The molecule has 1 aliphatic heterocycles. The van der Waals surface area contributed by atoms with Crippen molar-refractivity contribution < 1.29 is 19.1 Å². The van der Waals surface area contributed by atoms with E-state index in [-0.39, 0.29) is 12.5 Å². The van der Waals surface area contributed by atoms with Crippen LogP contribution in [0.2, 0.25) is 0 Å². The average molecular weight is 407 g/mol. The molecule has 1 aliphatic carbocycles. The van der Waals surface area contributed by atoms with Gasteiger partial charge in [0.2, 0.25) is 5.91 Å². The van der Waals surface area contributed by atoms with E-state index in [2.05, 4.69) is 10.6 Å². The number of hydrogen-bond donors (Lipinski definition) is 2. The molecule has 4 rings (SSSR count). The average Bonchev–Trinajstić information content (AvgIpc) is 2.95. The van der Waals surface area contributed by atoms with Crippen LogP contribution in [-0.4, -0.2) is 36.4 Å². The Morgan fingerprint density at radius 3 is 2.30 bits per heavy atom. The van der Waals surface area contributed by atoms with Gasteiger partial charge in [-0.05, 0) is 49.4 Å². The fourth-order valence-electron chi connectivity index (χ4n) is 4.18. The van der Waals surface area contributed by atoms with Gasteiger partial charge in [-0.25, -0.2) is 4.79 Å². The van der Waals surface area contributed by atoms with E-state index in [1.807, 2.05) is 30.3 Å². The maximum absolute atomic E-state index is 13.1. The molecule has 1 saturated carbocycles. The lowest BCUT2D eigenvalue weighted by atomic mass is 9.72. The van der Waals surface area contributed by atoms with Crippen LogP contribution in [0.1, 0.15) is 37.3 Å². The third-order valence-electron chi connectivity index (χ3n) is 6.16. The largest absolute Gasteiger partial charge is 0.497 e. The van der Waals surface area contributed by atoms with Crippen molar-refractivity contribution in [3.05, 3.63) is 65.7 Å². The summed E-state index contributed by atoms with van der Waals surface area (Å²) in [7, 11) is 1.56. The van der Waals surface area contributed by atoms with Crippen molar-refractivity contribution in [3.8, 4) is 5.75 Å². The van der Waals surface area contributed by atoms with Crippen LogP contribution in [0.25, 0.3) is 0 Å². The number of amides is 4. The zero-order chi connectivity index (χ0) is 21.4.